The molecule has 188 valence electrons. The van der Waals surface area contributed by atoms with Crippen molar-refractivity contribution in [2.24, 2.45) is 10.8 Å². The minimum atomic E-state index is -4.04. The summed E-state index contributed by atoms with van der Waals surface area (Å²) in [5, 5.41) is 0. The molecule has 0 aromatic heterocycles. The van der Waals surface area contributed by atoms with Gasteiger partial charge < -0.3 is 8.92 Å². The van der Waals surface area contributed by atoms with Crippen molar-refractivity contribution in [3.63, 3.8) is 0 Å². The highest BCUT2D eigenvalue weighted by Gasteiger charge is 2.47. The number of hydrogen-bond donors (Lipinski definition) is 0. The number of Topliss-reactive ketones (excluding diaryl/α,β-unsaturated/α-hetero) is 2. The fourth-order valence-corrected chi connectivity index (χ4v) is 6.46. The molecule has 2 aliphatic carbocycles. The Morgan fingerprint density at radius 3 is 1.89 bits per heavy atom. The first-order valence-corrected chi connectivity index (χ1v) is 13.6. The second-order valence-corrected chi connectivity index (χ2v) is 13.1. The van der Waals surface area contributed by atoms with Gasteiger partial charge in [0.25, 0.3) is 0 Å². The summed E-state index contributed by atoms with van der Waals surface area (Å²) in [4.78, 5) is 26.9. The van der Waals surface area contributed by atoms with Crippen LogP contribution in [-0.4, -0.2) is 20.0 Å². The molecule has 0 fully saturated rings. The second kappa shape index (κ2) is 8.44. The van der Waals surface area contributed by atoms with Crippen LogP contribution in [0.1, 0.15) is 64.9 Å². The molecule has 0 bridgehead atoms. The first-order valence-electron chi connectivity index (χ1n) is 12.2. The van der Waals surface area contributed by atoms with E-state index in [1.165, 1.54) is 12.1 Å². The van der Waals surface area contributed by atoms with E-state index >= 15 is 0 Å². The highest BCUT2D eigenvalue weighted by Crippen LogP contribution is 2.53. The smallest absolute Gasteiger partial charge is 0.339 e. The number of carbonyl (C=O) groups is 2. The maximum atomic E-state index is 13.4. The molecular formula is C29H30O6S. The Morgan fingerprint density at radius 1 is 0.778 bits per heavy atom. The molecule has 2 aromatic carbocycles. The Labute approximate surface area is 212 Å². The van der Waals surface area contributed by atoms with Crippen molar-refractivity contribution < 1.29 is 26.9 Å². The van der Waals surface area contributed by atoms with Crippen LogP contribution in [0.4, 0.5) is 0 Å². The van der Waals surface area contributed by atoms with E-state index in [9.17, 15) is 18.0 Å². The van der Waals surface area contributed by atoms with Crippen LogP contribution in [0.15, 0.2) is 82.2 Å². The summed E-state index contributed by atoms with van der Waals surface area (Å²) >= 11 is 0. The zero-order chi connectivity index (χ0) is 25.9. The number of carbonyl (C=O) groups excluding carboxylic acids is 2. The topological polar surface area (TPSA) is 86.7 Å². The number of allylic oxidation sites excluding steroid dienone is 4. The standard InChI is InChI=1S/C29H30O6S/c1-28(2)14-21(30)26-23(16-28)34-24-17-29(3,4)15-22(31)27(24)25(26)18-9-8-10-19(13-18)35-36(32,33)20-11-6-5-7-12-20/h5-13,25H,14-17H2,1-4H3. The lowest BCUT2D eigenvalue weighted by Crippen LogP contribution is -2.37. The summed E-state index contributed by atoms with van der Waals surface area (Å²) in [6.45, 7) is 8.15. The predicted molar refractivity (Wildman–Crippen MR) is 135 cm³/mol. The number of rotatable bonds is 4. The summed E-state index contributed by atoms with van der Waals surface area (Å²) in [7, 11) is -4.04. The van der Waals surface area contributed by atoms with Crippen LogP contribution in [-0.2, 0) is 24.4 Å². The predicted octanol–water partition coefficient (Wildman–Crippen LogP) is 5.85. The second-order valence-electron chi connectivity index (χ2n) is 11.5. The minimum Gasteiger partial charge on any atom is -0.465 e. The quantitative estimate of drug-likeness (QED) is 0.483. The third-order valence-corrected chi connectivity index (χ3v) is 8.27. The van der Waals surface area contributed by atoms with Gasteiger partial charge in [0.1, 0.15) is 22.2 Å². The van der Waals surface area contributed by atoms with Crippen LogP contribution < -0.4 is 4.18 Å². The molecule has 0 amide bonds. The lowest BCUT2D eigenvalue weighted by molar-refractivity contribution is -0.120. The highest BCUT2D eigenvalue weighted by molar-refractivity contribution is 7.87. The van der Waals surface area contributed by atoms with E-state index in [0.29, 0.717) is 53.9 Å². The maximum Gasteiger partial charge on any atom is 0.339 e. The average molecular weight is 507 g/mol. The van der Waals surface area contributed by atoms with Crippen molar-refractivity contribution in [3.05, 3.63) is 82.8 Å². The van der Waals surface area contributed by atoms with Gasteiger partial charge in [-0.1, -0.05) is 58.0 Å². The van der Waals surface area contributed by atoms with Crippen molar-refractivity contribution in [2.45, 2.75) is 64.2 Å². The van der Waals surface area contributed by atoms with Gasteiger partial charge in [0.2, 0.25) is 0 Å². The Kier molecular flexibility index (Phi) is 5.75. The molecular weight excluding hydrogens is 476 g/mol. The normalized spacial score (nSPS) is 21.6. The zero-order valence-electron chi connectivity index (χ0n) is 21.0. The van der Waals surface area contributed by atoms with E-state index in [-0.39, 0.29) is 33.0 Å². The Bertz CT molecular complexity index is 1380. The lowest BCUT2D eigenvalue weighted by Gasteiger charge is -2.42. The van der Waals surface area contributed by atoms with Gasteiger partial charge in [0.05, 0.1) is 0 Å². The van der Waals surface area contributed by atoms with Gasteiger partial charge >= 0.3 is 10.1 Å². The van der Waals surface area contributed by atoms with E-state index in [0.717, 1.165) is 0 Å². The van der Waals surface area contributed by atoms with Gasteiger partial charge in [-0.2, -0.15) is 8.42 Å². The fraction of sp³-hybridized carbons (Fsp3) is 0.379. The van der Waals surface area contributed by atoms with Crippen LogP contribution in [0, 0.1) is 10.8 Å². The number of ketones is 2. The third-order valence-electron chi connectivity index (χ3n) is 7.01. The molecule has 6 nitrogen and oxygen atoms in total. The molecule has 0 unspecified atom stereocenters. The number of hydrogen-bond acceptors (Lipinski definition) is 6. The molecule has 0 radical (unpaired) electrons. The molecule has 36 heavy (non-hydrogen) atoms. The fourth-order valence-electron chi connectivity index (χ4n) is 5.52. The third kappa shape index (κ3) is 4.52. The summed E-state index contributed by atoms with van der Waals surface area (Å²) in [6.07, 6.45) is 1.89. The Morgan fingerprint density at radius 2 is 1.33 bits per heavy atom. The van der Waals surface area contributed by atoms with Crippen molar-refractivity contribution in [1.82, 2.24) is 0 Å². The first kappa shape index (κ1) is 24.5. The van der Waals surface area contributed by atoms with Crippen molar-refractivity contribution in [2.75, 3.05) is 0 Å². The van der Waals surface area contributed by atoms with Crippen LogP contribution in [0.2, 0.25) is 0 Å². The summed E-state index contributed by atoms with van der Waals surface area (Å²) in [5.41, 5.74) is 1.15. The van der Waals surface area contributed by atoms with E-state index < -0.39 is 16.0 Å². The molecule has 0 N–H and O–H groups in total. The lowest BCUT2D eigenvalue weighted by atomic mass is 9.65. The summed E-state index contributed by atoms with van der Waals surface area (Å²) in [6, 6.07) is 14.6. The summed E-state index contributed by atoms with van der Waals surface area (Å²) < 4.78 is 37.4. The van der Waals surface area contributed by atoms with E-state index in [2.05, 4.69) is 0 Å². The average Bonchev–Trinajstić information content (AvgIpc) is 2.76. The summed E-state index contributed by atoms with van der Waals surface area (Å²) in [5.74, 6) is 0.665. The molecule has 7 heteroatoms. The molecule has 0 saturated carbocycles. The molecule has 0 saturated heterocycles. The van der Waals surface area contributed by atoms with E-state index in [1.807, 2.05) is 33.8 Å². The Balaban J connectivity index is 1.61. The van der Waals surface area contributed by atoms with Crippen molar-refractivity contribution >= 4 is 21.7 Å². The molecule has 2 aromatic rings. The van der Waals surface area contributed by atoms with Gasteiger partial charge in [-0.25, -0.2) is 0 Å². The van der Waals surface area contributed by atoms with Gasteiger partial charge in [0, 0.05) is 42.7 Å². The molecule has 1 heterocycles. The largest absolute Gasteiger partial charge is 0.465 e. The van der Waals surface area contributed by atoms with Crippen LogP contribution in [0.3, 0.4) is 0 Å². The molecule has 5 rings (SSSR count). The van der Waals surface area contributed by atoms with Crippen LogP contribution in [0.5, 0.6) is 5.75 Å². The maximum absolute atomic E-state index is 13.4. The van der Waals surface area contributed by atoms with Crippen molar-refractivity contribution in [3.8, 4) is 5.75 Å². The van der Waals surface area contributed by atoms with Crippen LogP contribution >= 0.6 is 0 Å². The molecule has 3 aliphatic rings. The number of benzene rings is 2. The zero-order valence-corrected chi connectivity index (χ0v) is 21.8. The van der Waals surface area contributed by atoms with Gasteiger partial charge in [-0.3, -0.25) is 9.59 Å². The van der Waals surface area contributed by atoms with Crippen LogP contribution in [0.25, 0.3) is 0 Å². The molecule has 0 atom stereocenters. The first-order chi connectivity index (χ1) is 16.9. The number of ether oxygens (including phenoxy) is 1. The monoisotopic (exact) mass is 506 g/mol. The van der Waals surface area contributed by atoms with E-state index in [4.69, 9.17) is 8.92 Å². The molecule has 0 spiro atoms. The highest BCUT2D eigenvalue weighted by atomic mass is 32.2. The SMILES string of the molecule is CC1(C)CC(=O)C2=C(C1)OC1=C(C(=O)CC(C)(C)C1)C2c1cccc(OS(=O)(=O)c2ccccc2)c1. The van der Waals surface area contributed by atoms with Gasteiger partial charge in [-0.15, -0.1) is 0 Å². The minimum absolute atomic E-state index is 0.0429. The van der Waals surface area contributed by atoms with Crippen molar-refractivity contribution in [1.29, 1.82) is 0 Å². The van der Waals surface area contributed by atoms with Gasteiger partial charge in [0.15, 0.2) is 11.6 Å². The van der Waals surface area contributed by atoms with Gasteiger partial charge in [-0.05, 0) is 40.7 Å². The van der Waals surface area contributed by atoms with E-state index in [1.54, 1.807) is 36.4 Å². The molecule has 1 aliphatic heterocycles. The Hall–Kier alpha value is -3.19.